The van der Waals surface area contributed by atoms with Crippen LogP contribution in [0.2, 0.25) is 0 Å². The van der Waals surface area contributed by atoms with Gasteiger partial charge in [-0.15, -0.1) is 10.2 Å². The predicted octanol–water partition coefficient (Wildman–Crippen LogP) is 1.07. The molecule has 1 atom stereocenters. The number of rotatable bonds is 2. The van der Waals surface area contributed by atoms with Crippen molar-refractivity contribution in [2.24, 2.45) is 0 Å². The van der Waals surface area contributed by atoms with E-state index in [1.165, 1.54) is 23.8 Å². The zero-order valence-electron chi connectivity index (χ0n) is 11.3. The smallest absolute Gasteiger partial charge is 0.274 e. The van der Waals surface area contributed by atoms with E-state index in [0.29, 0.717) is 11.5 Å². The number of amides is 1. The summed E-state index contributed by atoms with van der Waals surface area (Å²) in [6.07, 6.45) is 6.26. The van der Waals surface area contributed by atoms with Crippen molar-refractivity contribution in [2.45, 2.75) is 32.2 Å². The van der Waals surface area contributed by atoms with E-state index in [9.17, 15) is 4.79 Å². The van der Waals surface area contributed by atoms with Crippen molar-refractivity contribution in [3.8, 4) is 5.82 Å². The second kappa shape index (κ2) is 5.36. The molecule has 2 aromatic rings. The van der Waals surface area contributed by atoms with E-state index in [2.05, 4.69) is 27.2 Å². The lowest BCUT2D eigenvalue weighted by Gasteiger charge is -2.33. The van der Waals surface area contributed by atoms with Crippen LogP contribution in [0.1, 0.15) is 36.7 Å². The molecule has 104 valence electrons. The summed E-state index contributed by atoms with van der Waals surface area (Å²) in [4.78, 5) is 18.1. The van der Waals surface area contributed by atoms with Crippen molar-refractivity contribution in [2.75, 3.05) is 6.54 Å². The lowest BCUT2D eigenvalue weighted by molar-refractivity contribution is 0.0628. The number of carbonyl (C=O) groups is 1. The van der Waals surface area contributed by atoms with Gasteiger partial charge in [0.1, 0.15) is 12.7 Å². The second-order valence-corrected chi connectivity index (χ2v) is 4.96. The number of carbonyl (C=O) groups excluding carboxylic acids is 1. The van der Waals surface area contributed by atoms with Gasteiger partial charge in [-0.25, -0.2) is 9.67 Å². The van der Waals surface area contributed by atoms with Crippen LogP contribution >= 0.6 is 0 Å². The molecule has 1 aliphatic heterocycles. The maximum absolute atomic E-state index is 12.4. The topological polar surface area (TPSA) is 76.8 Å². The Morgan fingerprint density at radius 3 is 2.85 bits per heavy atom. The van der Waals surface area contributed by atoms with E-state index in [0.717, 1.165) is 19.4 Å². The molecule has 0 saturated carbocycles. The van der Waals surface area contributed by atoms with Crippen LogP contribution in [0.25, 0.3) is 5.82 Å². The molecule has 3 rings (SSSR count). The second-order valence-electron chi connectivity index (χ2n) is 4.96. The third-order valence-electron chi connectivity index (χ3n) is 3.59. The Morgan fingerprint density at radius 1 is 1.30 bits per heavy atom. The van der Waals surface area contributed by atoms with Gasteiger partial charge in [0, 0.05) is 12.6 Å². The summed E-state index contributed by atoms with van der Waals surface area (Å²) < 4.78 is 1.50. The van der Waals surface area contributed by atoms with Gasteiger partial charge < -0.3 is 4.90 Å². The predicted molar refractivity (Wildman–Crippen MR) is 71.3 cm³/mol. The molecule has 0 N–H and O–H groups in total. The van der Waals surface area contributed by atoms with Crippen molar-refractivity contribution in [3.63, 3.8) is 0 Å². The number of piperidine rings is 1. The Labute approximate surface area is 116 Å². The fraction of sp³-hybridized carbons (Fsp3) is 0.462. The highest BCUT2D eigenvalue weighted by Gasteiger charge is 2.25. The van der Waals surface area contributed by atoms with Crippen LogP contribution in [0.15, 0.2) is 24.8 Å². The van der Waals surface area contributed by atoms with Gasteiger partial charge in [-0.05, 0) is 38.3 Å². The van der Waals surface area contributed by atoms with Crippen molar-refractivity contribution in [1.82, 2.24) is 29.9 Å². The molecule has 0 radical (unpaired) electrons. The van der Waals surface area contributed by atoms with Crippen LogP contribution in [-0.4, -0.2) is 48.4 Å². The van der Waals surface area contributed by atoms with E-state index in [1.807, 2.05) is 4.90 Å². The fourth-order valence-corrected chi connectivity index (χ4v) is 2.43. The molecule has 7 nitrogen and oxygen atoms in total. The lowest BCUT2D eigenvalue weighted by atomic mass is 10.0. The highest BCUT2D eigenvalue weighted by Crippen LogP contribution is 2.18. The van der Waals surface area contributed by atoms with Gasteiger partial charge in [-0.2, -0.15) is 5.10 Å². The normalized spacial score (nSPS) is 19.1. The van der Waals surface area contributed by atoms with Gasteiger partial charge in [-0.1, -0.05) is 0 Å². The number of hydrogen-bond donors (Lipinski definition) is 0. The molecule has 1 saturated heterocycles. The number of likely N-dealkylation sites (tertiary alicyclic amines) is 1. The minimum atomic E-state index is -0.0464. The summed E-state index contributed by atoms with van der Waals surface area (Å²) in [5.41, 5.74) is 0.377. The molecule has 7 heteroatoms. The van der Waals surface area contributed by atoms with Gasteiger partial charge in [0.05, 0.1) is 0 Å². The monoisotopic (exact) mass is 272 g/mol. The largest absolute Gasteiger partial charge is 0.335 e. The minimum Gasteiger partial charge on any atom is -0.335 e. The summed E-state index contributed by atoms with van der Waals surface area (Å²) in [5, 5.41) is 12.0. The van der Waals surface area contributed by atoms with Gasteiger partial charge in [0.15, 0.2) is 11.5 Å². The number of nitrogens with zero attached hydrogens (tertiary/aromatic N) is 6. The number of aromatic nitrogens is 5. The Balaban J connectivity index is 1.78. The van der Waals surface area contributed by atoms with Gasteiger partial charge in [0.2, 0.25) is 0 Å². The molecule has 0 spiro atoms. The summed E-state index contributed by atoms with van der Waals surface area (Å²) in [7, 11) is 0. The summed E-state index contributed by atoms with van der Waals surface area (Å²) in [6.45, 7) is 2.88. The maximum atomic E-state index is 12.4. The first-order valence-corrected chi connectivity index (χ1v) is 6.75. The Bertz CT molecular complexity index is 579. The molecule has 3 heterocycles. The first-order valence-electron chi connectivity index (χ1n) is 6.75. The highest BCUT2D eigenvalue weighted by atomic mass is 16.2. The molecule has 0 bridgehead atoms. The molecular weight excluding hydrogens is 256 g/mol. The van der Waals surface area contributed by atoms with E-state index in [-0.39, 0.29) is 11.9 Å². The quantitative estimate of drug-likeness (QED) is 0.817. The fourth-order valence-electron chi connectivity index (χ4n) is 2.43. The standard InChI is InChI=1S/C13H16N6O/c1-10-4-2-3-7-18(10)13(20)11-5-6-12(17-16-11)19-9-14-8-15-19/h5-6,8-10H,2-4,7H2,1H3/t10-/m0/s1. The van der Waals surface area contributed by atoms with Crippen LogP contribution < -0.4 is 0 Å². The molecule has 1 amide bonds. The van der Waals surface area contributed by atoms with Gasteiger partial charge in [0.25, 0.3) is 5.91 Å². The SMILES string of the molecule is C[C@H]1CCCCN1C(=O)c1ccc(-n2cncn2)nn1. The average molecular weight is 272 g/mol. The van der Waals surface area contributed by atoms with Gasteiger partial charge >= 0.3 is 0 Å². The van der Waals surface area contributed by atoms with Crippen LogP contribution in [0.4, 0.5) is 0 Å². The molecule has 1 fully saturated rings. The molecule has 2 aromatic heterocycles. The first-order chi connectivity index (χ1) is 9.75. The first kappa shape index (κ1) is 12.7. The Hall–Kier alpha value is -2.31. The van der Waals surface area contributed by atoms with Gasteiger partial charge in [-0.3, -0.25) is 4.79 Å². The third-order valence-corrected chi connectivity index (χ3v) is 3.59. The van der Waals surface area contributed by atoms with Crippen LogP contribution in [-0.2, 0) is 0 Å². The van der Waals surface area contributed by atoms with Crippen molar-refractivity contribution >= 4 is 5.91 Å². The van der Waals surface area contributed by atoms with E-state index in [1.54, 1.807) is 12.1 Å². The van der Waals surface area contributed by atoms with Crippen LogP contribution in [0, 0.1) is 0 Å². The highest BCUT2D eigenvalue weighted by molar-refractivity contribution is 5.92. The van der Waals surface area contributed by atoms with E-state index < -0.39 is 0 Å². The summed E-state index contributed by atoms with van der Waals surface area (Å²) in [6, 6.07) is 3.69. The zero-order chi connectivity index (χ0) is 13.9. The molecule has 0 aromatic carbocycles. The minimum absolute atomic E-state index is 0.0464. The van der Waals surface area contributed by atoms with Crippen molar-refractivity contribution in [1.29, 1.82) is 0 Å². The zero-order valence-corrected chi connectivity index (χ0v) is 11.3. The van der Waals surface area contributed by atoms with E-state index >= 15 is 0 Å². The third kappa shape index (κ3) is 2.38. The average Bonchev–Trinajstić information content (AvgIpc) is 3.01. The summed E-state index contributed by atoms with van der Waals surface area (Å²) >= 11 is 0. The molecular formula is C13H16N6O. The maximum Gasteiger partial charge on any atom is 0.274 e. The van der Waals surface area contributed by atoms with Crippen LogP contribution in [0.3, 0.4) is 0 Å². The van der Waals surface area contributed by atoms with E-state index in [4.69, 9.17) is 0 Å². The van der Waals surface area contributed by atoms with Crippen molar-refractivity contribution in [3.05, 3.63) is 30.5 Å². The summed E-state index contributed by atoms with van der Waals surface area (Å²) in [5.74, 6) is 0.501. The Morgan fingerprint density at radius 2 is 2.20 bits per heavy atom. The molecule has 0 unspecified atom stereocenters. The lowest BCUT2D eigenvalue weighted by Crippen LogP contribution is -2.42. The molecule has 20 heavy (non-hydrogen) atoms. The molecule has 1 aliphatic rings. The van der Waals surface area contributed by atoms with Crippen LogP contribution in [0.5, 0.6) is 0 Å². The number of hydrogen-bond acceptors (Lipinski definition) is 5. The Kier molecular flexibility index (Phi) is 3.41. The molecule has 0 aliphatic carbocycles. The van der Waals surface area contributed by atoms with Crippen molar-refractivity contribution < 1.29 is 4.79 Å².